The second-order valence-electron chi connectivity index (χ2n) is 3.76. The molecule has 3 heteroatoms. The Hall–Kier alpha value is -1.61. The third-order valence-corrected chi connectivity index (χ3v) is 3.11. The highest BCUT2D eigenvalue weighted by atomic mass is 32.1. The molecule has 1 aromatic heterocycles. The summed E-state index contributed by atoms with van der Waals surface area (Å²) in [5.74, 6) is 1.04. The van der Waals surface area contributed by atoms with Crippen molar-refractivity contribution in [2.24, 2.45) is 0 Å². The normalized spacial score (nSPS) is 10.1. The van der Waals surface area contributed by atoms with E-state index in [1.807, 2.05) is 47.2 Å². The highest BCUT2D eigenvalue weighted by Gasteiger charge is 2.04. The van der Waals surface area contributed by atoms with E-state index >= 15 is 0 Å². The first-order valence-corrected chi connectivity index (χ1v) is 6.49. The van der Waals surface area contributed by atoms with Crippen LogP contribution in [0.2, 0.25) is 0 Å². The summed E-state index contributed by atoms with van der Waals surface area (Å²) in [5, 5.41) is 4.00. The number of hydrogen-bond acceptors (Lipinski definition) is 3. The number of benzene rings is 1. The zero-order valence-electron chi connectivity index (χ0n) is 9.46. The van der Waals surface area contributed by atoms with Gasteiger partial charge in [-0.2, -0.15) is 11.3 Å². The lowest BCUT2D eigenvalue weighted by Crippen LogP contribution is -2.08. The summed E-state index contributed by atoms with van der Waals surface area (Å²) in [7, 11) is 0. The molecule has 0 spiro atoms. The number of thiophene rings is 1. The molecule has 0 saturated heterocycles. The van der Waals surface area contributed by atoms with Gasteiger partial charge >= 0.3 is 0 Å². The maximum Gasteiger partial charge on any atom is 0.140 e. The van der Waals surface area contributed by atoms with Gasteiger partial charge in [0.25, 0.3) is 0 Å². The van der Waals surface area contributed by atoms with Crippen LogP contribution < -0.4 is 4.74 Å². The van der Waals surface area contributed by atoms with Crippen molar-refractivity contribution >= 4 is 17.1 Å². The number of rotatable bonds is 6. The van der Waals surface area contributed by atoms with Crippen LogP contribution in [-0.4, -0.2) is 12.4 Å². The van der Waals surface area contributed by atoms with Crippen LogP contribution in [0, 0.1) is 0 Å². The average Bonchev–Trinajstić information content (AvgIpc) is 2.83. The van der Waals surface area contributed by atoms with Gasteiger partial charge in [-0.3, -0.25) is 4.79 Å². The Morgan fingerprint density at radius 2 is 2.00 bits per heavy atom. The predicted molar refractivity (Wildman–Crippen MR) is 69.6 cm³/mol. The van der Waals surface area contributed by atoms with Gasteiger partial charge in [-0.15, -0.1) is 0 Å². The molecule has 0 N–H and O–H groups in total. The van der Waals surface area contributed by atoms with E-state index in [0.29, 0.717) is 19.4 Å². The largest absolute Gasteiger partial charge is 0.493 e. The second kappa shape index (κ2) is 6.21. The molecule has 88 valence electrons. The average molecular weight is 246 g/mol. The number of carbonyl (C=O) groups excluding carboxylic acids is 1. The molecular formula is C14H14O2S. The van der Waals surface area contributed by atoms with Crippen molar-refractivity contribution in [1.82, 2.24) is 0 Å². The Morgan fingerprint density at radius 1 is 1.18 bits per heavy atom. The second-order valence-corrected chi connectivity index (χ2v) is 4.54. The molecule has 1 heterocycles. The summed E-state index contributed by atoms with van der Waals surface area (Å²) >= 11 is 1.62. The topological polar surface area (TPSA) is 26.3 Å². The van der Waals surface area contributed by atoms with E-state index in [1.54, 1.807) is 11.3 Å². The lowest BCUT2D eigenvalue weighted by atomic mass is 10.1. The van der Waals surface area contributed by atoms with Crippen LogP contribution >= 0.6 is 11.3 Å². The third kappa shape index (κ3) is 4.04. The zero-order chi connectivity index (χ0) is 11.9. The summed E-state index contributed by atoms with van der Waals surface area (Å²) < 4.78 is 5.48. The van der Waals surface area contributed by atoms with Gasteiger partial charge in [-0.1, -0.05) is 18.2 Å². The fraction of sp³-hybridized carbons (Fsp3) is 0.214. The van der Waals surface area contributed by atoms with E-state index in [-0.39, 0.29) is 5.78 Å². The molecule has 0 unspecified atom stereocenters. The fourth-order valence-corrected chi connectivity index (χ4v) is 2.18. The van der Waals surface area contributed by atoms with Gasteiger partial charge in [0, 0.05) is 12.8 Å². The highest BCUT2D eigenvalue weighted by Crippen LogP contribution is 2.10. The van der Waals surface area contributed by atoms with E-state index < -0.39 is 0 Å². The Morgan fingerprint density at radius 3 is 2.71 bits per heavy atom. The quantitative estimate of drug-likeness (QED) is 0.781. The van der Waals surface area contributed by atoms with Gasteiger partial charge in [-0.05, 0) is 34.5 Å². The minimum atomic E-state index is 0.222. The predicted octanol–water partition coefficient (Wildman–Crippen LogP) is 3.33. The molecule has 2 aromatic rings. The third-order valence-electron chi connectivity index (χ3n) is 2.37. The molecule has 0 fully saturated rings. The smallest absolute Gasteiger partial charge is 0.140 e. The van der Waals surface area contributed by atoms with E-state index in [2.05, 4.69) is 0 Å². The minimum absolute atomic E-state index is 0.222. The molecule has 0 bridgehead atoms. The molecular weight excluding hydrogens is 232 g/mol. The molecule has 1 aromatic carbocycles. The Balaban J connectivity index is 1.70. The first kappa shape index (κ1) is 11.9. The standard InChI is InChI=1S/C14H14O2S/c15-13(10-12-7-9-17-11-12)6-8-16-14-4-2-1-3-5-14/h1-5,7,9,11H,6,8,10H2. The molecule has 0 saturated carbocycles. The Bertz CT molecular complexity index is 448. The van der Waals surface area contributed by atoms with Crippen molar-refractivity contribution in [3.05, 3.63) is 52.7 Å². The summed E-state index contributed by atoms with van der Waals surface area (Å²) in [6, 6.07) is 11.5. The van der Waals surface area contributed by atoms with Crippen LogP contribution in [0.1, 0.15) is 12.0 Å². The van der Waals surface area contributed by atoms with Crippen LogP contribution in [0.25, 0.3) is 0 Å². The summed E-state index contributed by atoms with van der Waals surface area (Å²) in [6.07, 6.45) is 0.979. The minimum Gasteiger partial charge on any atom is -0.493 e. The maximum atomic E-state index is 11.6. The number of para-hydroxylation sites is 1. The van der Waals surface area contributed by atoms with Crippen LogP contribution in [-0.2, 0) is 11.2 Å². The van der Waals surface area contributed by atoms with Gasteiger partial charge in [0.1, 0.15) is 11.5 Å². The number of Topliss-reactive ketones (excluding diaryl/α,β-unsaturated/α-hetero) is 1. The van der Waals surface area contributed by atoms with E-state index in [0.717, 1.165) is 11.3 Å². The van der Waals surface area contributed by atoms with Crippen molar-refractivity contribution in [3.63, 3.8) is 0 Å². The van der Waals surface area contributed by atoms with Crippen molar-refractivity contribution in [3.8, 4) is 5.75 Å². The van der Waals surface area contributed by atoms with Gasteiger partial charge in [0.05, 0.1) is 6.61 Å². The number of ketones is 1. The molecule has 0 aliphatic heterocycles. The number of ether oxygens (including phenoxy) is 1. The van der Waals surface area contributed by atoms with Gasteiger partial charge in [0.15, 0.2) is 0 Å². The van der Waals surface area contributed by atoms with Gasteiger partial charge in [-0.25, -0.2) is 0 Å². The summed E-state index contributed by atoms with van der Waals surface area (Å²) in [6.45, 7) is 0.451. The molecule has 0 aliphatic carbocycles. The van der Waals surface area contributed by atoms with Crippen molar-refractivity contribution in [2.45, 2.75) is 12.8 Å². The lowest BCUT2D eigenvalue weighted by Gasteiger charge is -2.04. The first-order valence-electron chi connectivity index (χ1n) is 5.55. The molecule has 0 amide bonds. The van der Waals surface area contributed by atoms with Crippen LogP contribution in [0.5, 0.6) is 5.75 Å². The van der Waals surface area contributed by atoms with Gasteiger partial charge in [0.2, 0.25) is 0 Å². The summed E-state index contributed by atoms with van der Waals surface area (Å²) in [4.78, 5) is 11.6. The zero-order valence-corrected chi connectivity index (χ0v) is 10.3. The molecule has 2 nitrogen and oxygen atoms in total. The molecule has 0 radical (unpaired) electrons. The number of carbonyl (C=O) groups is 1. The summed E-state index contributed by atoms with van der Waals surface area (Å²) in [5.41, 5.74) is 1.10. The molecule has 0 aliphatic rings. The highest BCUT2D eigenvalue weighted by molar-refractivity contribution is 7.07. The Labute approximate surface area is 105 Å². The van der Waals surface area contributed by atoms with E-state index in [9.17, 15) is 4.79 Å². The van der Waals surface area contributed by atoms with E-state index in [1.165, 1.54) is 0 Å². The van der Waals surface area contributed by atoms with Gasteiger partial charge < -0.3 is 4.74 Å². The van der Waals surface area contributed by atoms with Crippen LogP contribution in [0.4, 0.5) is 0 Å². The monoisotopic (exact) mass is 246 g/mol. The maximum absolute atomic E-state index is 11.6. The Kier molecular flexibility index (Phi) is 4.33. The molecule has 17 heavy (non-hydrogen) atoms. The van der Waals surface area contributed by atoms with Crippen molar-refractivity contribution in [1.29, 1.82) is 0 Å². The lowest BCUT2D eigenvalue weighted by molar-refractivity contribution is -0.118. The molecule has 2 rings (SSSR count). The van der Waals surface area contributed by atoms with Crippen LogP contribution in [0.3, 0.4) is 0 Å². The molecule has 0 atom stereocenters. The SMILES string of the molecule is O=C(CCOc1ccccc1)Cc1ccsc1. The number of hydrogen-bond donors (Lipinski definition) is 0. The fourth-order valence-electron chi connectivity index (χ4n) is 1.51. The van der Waals surface area contributed by atoms with E-state index in [4.69, 9.17) is 4.74 Å². The van der Waals surface area contributed by atoms with Crippen molar-refractivity contribution in [2.75, 3.05) is 6.61 Å². The van der Waals surface area contributed by atoms with Crippen LogP contribution in [0.15, 0.2) is 47.2 Å². The van der Waals surface area contributed by atoms with Crippen molar-refractivity contribution < 1.29 is 9.53 Å². The first-order chi connectivity index (χ1) is 8.34.